The summed E-state index contributed by atoms with van der Waals surface area (Å²) >= 11 is 3.68. The molecule has 0 N–H and O–H groups in total. The Morgan fingerprint density at radius 3 is 2.18 bits per heavy atom. The van der Waals surface area contributed by atoms with Crippen molar-refractivity contribution in [3.05, 3.63) is 0 Å². The molecule has 0 saturated carbocycles. The third-order valence-corrected chi connectivity index (χ3v) is 1.72. The maximum absolute atomic E-state index is 10.3. The van der Waals surface area contributed by atoms with Gasteiger partial charge in [0.25, 0.3) is 0 Å². The summed E-state index contributed by atoms with van der Waals surface area (Å²) in [5.41, 5.74) is 0. The van der Waals surface area contributed by atoms with Gasteiger partial charge >= 0.3 is 29.6 Å². The number of carbonyl (C=O) groups excluding carboxylic acids is 1. The number of hydrogen-bond donors (Lipinski definition) is 1. The van der Waals surface area contributed by atoms with Gasteiger partial charge in [0.05, 0.1) is 0 Å². The van der Waals surface area contributed by atoms with Crippen molar-refractivity contribution in [2.75, 3.05) is 0 Å². The van der Waals surface area contributed by atoms with Crippen LogP contribution in [0, 0.1) is 0 Å². The molecule has 0 aromatic rings. The van der Waals surface area contributed by atoms with E-state index in [0.717, 1.165) is 6.42 Å². The molecule has 0 saturated heterocycles. The summed E-state index contributed by atoms with van der Waals surface area (Å²) in [6, 6.07) is 0. The van der Waals surface area contributed by atoms with E-state index in [1.807, 2.05) is 0 Å². The number of rotatable bonds is 6. The Bertz CT molecular complexity index is 96.1. The Morgan fingerprint density at radius 1 is 1.18 bits per heavy atom. The Balaban J connectivity index is 0. The molecule has 0 radical (unpaired) electrons. The van der Waals surface area contributed by atoms with Gasteiger partial charge < -0.3 is 0 Å². The zero-order valence-corrected chi connectivity index (χ0v) is 7.49. The molecular weight excluding hydrogens is 167 g/mol. The molecule has 11 heavy (non-hydrogen) atoms. The molecule has 0 atom stereocenters. The second-order valence-electron chi connectivity index (χ2n) is 2.56. The van der Waals surface area contributed by atoms with E-state index in [1.165, 1.54) is 25.7 Å². The molecule has 0 rings (SSSR count). The van der Waals surface area contributed by atoms with E-state index < -0.39 is 0 Å². The number of hydrogen-bond acceptors (Lipinski definition) is 1. The Kier molecular flexibility index (Phi) is 14.6. The van der Waals surface area contributed by atoms with Gasteiger partial charge in [-0.05, 0) is 6.42 Å². The third-order valence-electron chi connectivity index (χ3n) is 1.49. The fraction of sp³-hybridized carbons (Fsp3) is 0.875. The van der Waals surface area contributed by atoms with Crippen LogP contribution in [0.5, 0.6) is 0 Å². The van der Waals surface area contributed by atoms with E-state index in [-0.39, 0.29) is 34.7 Å². The van der Waals surface area contributed by atoms with Crippen molar-refractivity contribution in [2.45, 2.75) is 45.4 Å². The van der Waals surface area contributed by atoms with Crippen LogP contribution in [0.15, 0.2) is 0 Å². The predicted molar refractivity (Wildman–Crippen MR) is 54.5 cm³/mol. The van der Waals surface area contributed by atoms with E-state index in [9.17, 15) is 4.79 Å². The van der Waals surface area contributed by atoms with Gasteiger partial charge in [0, 0.05) is 6.42 Å². The van der Waals surface area contributed by atoms with E-state index in [2.05, 4.69) is 19.6 Å². The molecule has 0 bridgehead atoms. The zero-order valence-electron chi connectivity index (χ0n) is 6.60. The standard InChI is InChI=1S/C8H16OS.Na.H/c1-2-3-4-5-6-7-8(9)10;;/h2-7H2,1H3,(H,9,10);;. The molecule has 1 nitrogen and oxygen atoms in total. The summed E-state index contributed by atoms with van der Waals surface area (Å²) in [6.07, 6.45) is 6.66. The van der Waals surface area contributed by atoms with Gasteiger partial charge in [-0.15, -0.1) is 12.6 Å². The molecule has 3 heteroatoms. The first-order valence-corrected chi connectivity index (χ1v) is 4.44. The minimum atomic E-state index is 0. The van der Waals surface area contributed by atoms with Crippen LogP contribution in [-0.2, 0) is 4.79 Å². The van der Waals surface area contributed by atoms with Crippen molar-refractivity contribution in [1.29, 1.82) is 0 Å². The molecule has 0 aromatic carbocycles. The van der Waals surface area contributed by atoms with Gasteiger partial charge in [-0.1, -0.05) is 32.6 Å². The molecule has 0 aliphatic rings. The summed E-state index contributed by atoms with van der Waals surface area (Å²) < 4.78 is 0. The van der Waals surface area contributed by atoms with Crippen molar-refractivity contribution in [3.8, 4) is 0 Å². The molecule has 0 amide bonds. The van der Waals surface area contributed by atoms with Crippen LogP contribution in [0.2, 0.25) is 0 Å². The molecule has 0 heterocycles. The van der Waals surface area contributed by atoms with E-state index in [4.69, 9.17) is 0 Å². The fourth-order valence-electron chi connectivity index (χ4n) is 0.880. The van der Waals surface area contributed by atoms with Gasteiger partial charge in [0.2, 0.25) is 0 Å². The van der Waals surface area contributed by atoms with Crippen LogP contribution in [0.3, 0.4) is 0 Å². The zero-order chi connectivity index (χ0) is 7.82. The van der Waals surface area contributed by atoms with Gasteiger partial charge in [-0.2, -0.15) is 0 Å². The summed E-state index contributed by atoms with van der Waals surface area (Å²) in [6.45, 7) is 2.18. The summed E-state index contributed by atoms with van der Waals surface area (Å²) in [5, 5.41) is 0.0245. The fourth-order valence-corrected chi connectivity index (χ4v) is 1.04. The number of carbonyl (C=O) groups is 1. The van der Waals surface area contributed by atoms with Crippen molar-refractivity contribution in [3.63, 3.8) is 0 Å². The van der Waals surface area contributed by atoms with Gasteiger partial charge in [-0.3, -0.25) is 4.79 Å². The number of unbranched alkanes of at least 4 members (excludes halogenated alkanes) is 4. The van der Waals surface area contributed by atoms with Gasteiger partial charge in [0.1, 0.15) is 0 Å². The minimum absolute atomic E-state index is 0. The molecule has 0 spiro atoms. The van der Waals surface area contributed by atoms with Crippen molar-refractivity contribution in [1.82, 2.24) is 0 Å². The van der Waals surface area contributed by atoms with E-state index in [0.29, 0.717) is 6.42 Å². The Morgan fingerprint density at radius 2 is 1.73 bits per heavy atom. The Hall–Kier alpha value is 1.02. The van der Waals surface area contributed by atoms with Crippen LogP contribution < -0.4 is 0 Å². The molecule has 0 aliphatic carbocycles. The molecule has 0 unspecified atom stereocenters. The van der Waals surface area contributed by atoms with Gasteiger partial charge in [-0.25, -0.2) is 0 Å². The van der Waals surface area contributed by atoms with Crippen LogP contribution in [-0.4, -0.2) is 34.7 Å². The van der Waals surface area contributed by atoms with E-state index >= 15 is 0 Å². The van der Waals surface area contributed by atoms with Crippen molar-refractivity contribution in [2.24, 2.45) is 0 Å². The van der Waals surface area contributed by atoms with Crippen molar-refractivity contribution >= 4 is 47.3 Å². The summed E-state index contributed by atoms with van der Waals surface area (Å²) in [4.78, 5) is 10.3. The average Bonchev–Trinajstić information content (AvgIpc) is 1.87. The van der Waals surface area contributed by atoms with Crippen LogP contribution >= 0.6 is 12.6 Å². The van der Waals surface area contributed by atoms with Crippen molar-refractivity contribution < 1.29 is 4.79 Å². The first-order valence-electron chi connectivity index (χ1n) is 3.99. The maximum atomic E-state index is 10.3. The van der Waals surface area contributed by atoms with Crippen LogP contribution in [0.1, 0.15) is 45.4 Å². The average molecular weight is 184 g/mol. The summed E-state index contributed by atoms with van der Waals surface area (Å²) in [7, 11) is 0. The topological polar surface area (TPSA) is 17.1 Å². The normalized spacial score (nSPS) is 8.91. The SMILES string of the molecule is CCCCCCCC(=O)S.[NaH]. The first kappa shape index (κ1) is 14.5. The Labute approximate surface area is 97.0 Å². The molecular formula is C8H17NaOS. The molecule has 0 fully saturated rings. The van der Waals surface area contributed by atoms with E-state index in [1.54, 1.807) is 0 Å². The summed E-state index contributed by atoms with van der Waals surface area (Å²) in [5.74, 6) is 0. The molecule has 0 aromatic heterocycles. The second-order valence-corrected chi connectivity index (χ2v) is 3.06. The predicted octanol–water partition coefficient (Wildman–Crippen LogP) is 2.15. The molecule has 62 valence electrons. The monoisotopic (exact) mass is 184 g/mol. The second kappa shape index (κ2) is 11.0. The third kappa shape index (κ3) is 13.9. The van der Waals surface area contributed by atoms with Gasteiger partial charge in [0.15, 0.2) is 5.12 Å². The molecule has 0 aliphatic heterocycles. The van der Waals surface area contributed by atoms with Crippen LogP contribution in [0.4, 0.5) is 0 Å². The number of thiol groups is 1. The van der Waals surface area contributed by atoms with Crippen LogP contribution in [0.25, 0.3) is 0 Å². The quantitative estimate of drug-likeness (QED) is 0.380. The first-order chi connectivity index (χ1) is 4.77.